The Morgan fingerprint density at radius 2 is 1.79 bits per heavy atom. The highest BCUT2D eigenvalue weighted by Gasteiger charge is 2.52. The molecule has 1 aliphatic carbocycles. The molecule has 1 saturated carbocycles. The number of halogens is 3. The van der Waals surface area contributed by atoms with Crippen molar-refractivity contribution in [2.24, 2.45) is 0 Å². The summed E-state index contributed by atoms with van der Waals surface area (Å²) in [5.41, 5.74) is 1.63. The van der Waals surface area contributed by atoms with Crippen molar-refractivity contribution in [2.75, 3.05) is 12.1 Å². The molecule has 0 bridgehead atoms. The summed E-state index contributed by atoms with van der Waals surface area (Å²) in [6.45, 7) is -0.0782. The van der Waals surface area contributed by atoms with E-state index in [9.17, 15) is 23.1 Å². The summed E-state index contributed by atoms with van der Waals surface area (Å²) in [7, 11) is 0. The highest BCUT2D eigenvalue weighted by atomic mass is 19.4. The molecule has 1 aliphatic heterocycles. The Balaban J connectivity index is 0.00000289. The molecule has 34 heavy (non-hydrogen) atoms. The first-order chi connectivity index (χ1) is 16.3. The van der Waals surface area contributed by atoms with Crippen molar-refractivity contribution >= 4 is 11.6 Å². The molecule has 6 nitrogen and oxygen atoms in total. The van der Waals surface area contributed by atoms with Gasteiger partial charge in [-0.05, 0) is 65.4 Å². The molecule has 0 atom stereocenters. The van der Waals surface area contributed by atoms with Crippen LogP contribution in [-0.2, 0) is 16.8 Å². The number of alkyl halides is 3. The second-order valence-corrected chi connectivity index (χ2v) is 8.22. The Morgan fingerprint density at radius 3 is 2.53 bits per heavy atom. The Kier molecular flexibility index (Phi) is 5.36. The standard InChI is InChI=1S/C25H20F3NO5.H2/c26-25(27,28)34-20-6-4-17(16-3-1-2-15(10-16)13-30)11-19(20)29-23(31)24(8-9-24)18-5-7-21-22(12-18)33-14-32-21;/h1-7,10-12,30H,8-9,13-14H2,(H,29,31);1H. The van der Waals surface area contributed by atoms with Gasteiger partial charge in [0.1, 0.15) is 0 Å². The fourth-order valence-electron chi connectivity index (χ4n) is 4.08. The minimum atomic E-state index is -4.92. The normalized spacial score (nSPS) is 15.6. The number of rotatable bonds is 6. The lowest BCUT2D eigenvalue weighted by Gasteiger charge is -2.19. The molecule has 2 aliphatic rings. The smallest absolute Gasteiger partial charge is 0.454 e. The SMILES string of the molecule is O=C(Nc1cc(-c2cccc(CO)c2)ccc1OC(F)(F)F)C1(c2ccc3c(c2)OCO3)CC1.[HH]. The molecule has 3 aromatic rings. The van der Waals surface area contributed by atoms with Gasteiger partial charge in [0.2, 0.25) is 12.7 Å². The molecule has 3 aromatic carbocycles. The maximum absolute atomic E-state index is 13.3. The minimum Gasteiger partial charge on any atom is -0.454 e. The number of amides is 1. The summed E-state index contributed by atoms with van der Waals surface area (Å²) in [5.74, 6) is 0.172. The van der Waals surface area contributed by atoms with Gasteiger partial charge < -0.3 is 24.6 Å². The van der Waals surface area contributed by atoms with Crippen LogP contribution >= 0.6 is 0 Å². The molecule has 178 valence electrons. The molecule has 1 fully saturated rings. The zero-order valence-corrected chi connectivity index (χ0v) is 17.8. The third kappa shape index (κ3) is 4.26. The molecule has 1 heterocycles. The van der Waals surface area contributed by atoms with E-state index in [0.717, 1.165) is 0 Å². The van der Waals surface area contributed by atoms with Crippen molar-refractivity contribution in [3.05, 3.63) is 71.8 Å². The fourth-order valence-corrected chi connectivity index (χ4v) is 4.08. The van der Waals surface area contributed by atoms with Crippen LogP contribution in [0.2, 0.25) is 0 Å². The van der Waals surface area contributed by atoms with Gasteiger partial charge in [-0.1, -0.05) is 30.3 Å². The molecule has 0 unspecified atom stereocenters. The molecule has 1 amide bonds. The summed E-state index contributed by atoms with van der Waals surface area (Å²) in [4.78, 5) is 13.3. The molecule has 5 rings (SSSR count). The van der Waals surface area contributed by atoms with Crippen LogP contribution in [0.25, 0.3) is 11.1 Å². The first kappa shape index (κ1) is 22.1. The first-order valence-corrected chi connectivity index (χ1v) is 10.6. The summed E-state index contributed by atoms with van der Waals surface area (Å²) in [6, 6.07) is 16.3. The summed E-state index contributed by atoms with van der Waals surface area (Å²) < 4.78 is 54.0. The number of hydrogen-bond donors (Lipinski definition) is 2. The lowest BCUT2D eigenvalue weighted by Crippen LogP contribution is -2.28. The maximum Gasteiger partial charge on any atom is 0.573 e. The number of carbonyl (C=O) groups excluding carboxylic acids is 1. The van der Waals surface area contributed by atoms with Crippen LogP contribution in [0, 0.1) is 0 Å². The quantitative estimate of drug-likeness (QED) is 0.502. The highest BCUT2D eigenvalue weighted by Crippen LogP contribution is 2.51. The predicted octanol–water partition coefficient (Wildman–Crippen LogP) is 5.39. The molecule has 0 spiro atoms. The largest absolute Gasteiger partial charge is 0.573 e. The van der Waals surface area contributed by atoms with Crippen LogP contribution in [0.3, 0.4) is 0 Å². The van der Waals surface area contributed by atoms with Gasteiger partial charge in [0.15, 0.2) is 17.2 Å². The average molecular weight is 473 g/mol. The molecular weight excluding hydrogens is 451 g/mol. The topological polar surface area (TPSA) is 77.0 Å². The van der Waals surface area contributed by atoms with Crippen molar-refractivity contribution in [3.8, 4) is 28.4 Å². The van der Waals surface area contributed by atoms with Crippen molar-refractivity contribution in [1.29, 1.82) is 0 Å². The van der Waals surface area contributed by atoms with E-state index >= 15 is 0 Å². The predicted molar refractivity (Wildman–Crippen MR) is 119 cm³/mol. The van der Waals surface area contributed by atoms with Crippen molar-refractivity contribution < 1.29 is 38.7 Å². The maximum atomic E-state index is 13.3. The van der Waals surface area contributed by atoms with Gasteiger partial charge >= 0.3 is 6.36 Å². The van der Waals surface area contributed by atoms with Crippen LogP contribution in [0.1, 0.15) is 25.4 Å². The highest BCUT2D eigenvalue weighted by molar-refractivity contribution is 6.02. The van der Waals surface area contributed by atoms with Gasteiger partial charge in [0.25, 0.3) is 0 Å². The summed E-state index contributed by atoms with van der Waals surface area (Å²) in [5, 5.41) is 12.1. The zero-order chi connectivity index (χ0) is 23.9. The van der Waals surface area contributed by atoms with Gasteiger partial charge in [0.05, 0.1) is 17.7 Å². The number of aliphatic hydroxyl groups is 1. The number of hydrogen-bond acceptors (Lipinski definition) is 5. The Hall–Kier alpha value is -3.72. The third-order valence-corrected chi connectivity index (χ3v) is 6.01. The van der Waals surface area contributed by atoms with E-state index in [1.54, 1.807) is 42.5 Å². The van der Waals surface area contributed by atoms with Crippen LogP contribution < -0.4 is 19.5 Å². The number of fused-ring (bicyclic) bond motifs is 1. The second kappa shape index (κ2) is 8.25. The lowest BCUT2D eigenvalue weighted by molar-refractivity contribution is -0.274. The van der Waals surface area contributed by atoms with Gasteiger partial charge in [0, 0.05) is 1.43 Å². The van der Waals surface area contributed by atoms with Gasteiger partial charge in [-0.15, -0.1) is 13.2 Å². The van der Waals surface area contributed by atoms with Gasteiger partial charge in [-0.2, -0.15) is 0 Å². The monoisotopic (exact) mass is 473 g/mol. The molecule has 0 saturated heterocycles. The Bertz CT molecular complexity index is 1260. The first-order valence-electron chi connectivity index (χ1n) is 10.6. The van der Waals surface area contributed by atoms with Crippen LogP contribution in [0.5, 0.6) is 17.2 Å². The van der Waals surface area contributed by atoms with Crippen LogP contribution in [0.4, 0.5) is 18.9 Å². The Morgan fingerprint density at radius 1 is 1.03 bits per heavy atom. The van der Waals surface area contributed by atoms with Crippen LogP contribution in [0.15, 0.2) is 60.7 Å². The molecular formula is C25H22F3NO5. The summed E-state index contributed by atoms with van der Waals surface area (Å²) in [6.07, 6.45) is -3.83. The van der Waals surface area contributed by atoms with E-state index in [2.05, 4.69) is 10.1 Å². The van der Waals surface area contributed by atoms with E-state index < -0.39 is 23.4 Å². The number of anilines is 1. The number of ether oxygens (including phenoxy) is 3. The van der Waals surface area contributed by atoms with Crippen molar-refractivity contribution in [3.63, 3.8) is 0 Å². The molecule has 2 N–H and O–H groups in total. The van der Waals surface area contributed by atoms with E-state index in [4.69, 9.17) is 9.47 Å². The molecule has 9 heteroatoms. The van der Waals surface area contributed by atoms with E-state index in [1.807, 2.05) is 0 Å². The number of benzene rings is 3. The lowest BCUT2D eigenvalue weighted by atomic mass is 9.94. The second-order valence-electron chi connectivity index (χ2n) is 8.22. The molecule has 0 aromatic heterocycles. The van der Waals surface area contributed by atoms with E-state index in [0.29, 0.717) is 46.6 Å². The average Bonchev–Trinajstić information content (AvgIpc) is 3.50. The van der Waals surface area contributed by atoms with Crippen LogP contribution in [-0.4, -0.2) is 24.2 Å². The fraction of sp³-hybridized carbons (Fsp3) is 0.240. The van der Waals surface area contributed by atoms with Gasteiger partial charge in [-0.25, -0.2) is 0 Å². The zero-order valence-electron chi connectivity index (χ0n) is 17.8. The van der Waals surface area contributed by atoms with Crippen molar-refractivity contribution in [2.45, 2.75) is 31.2 Å². The number of carbonyl (C=O) groups is 1. The summed E-state index contributed by atoms with van der Waals surface area (Å²) >= 11 is 0. The minimum absolute atomic E-state index is 0. The van der Waals surface area contributed by atoms with Crippen molar-refractivity contribution in [1.82, 2.24) is 0 Å². The molecule has 0 radical (unpaired) electrons. The number of aliphatic hydroxyl groups excluding tert-OH is 1. The number of nitrogens with one attached hydrogen (secondary N) is 1. The third-order valence-electron chi connectivity index (χ3n) is 6.01. The Labute approximate surface area is 194 Å². The van der Waals surface area contributed by atoms with E-state index in [1.165, 1.54) is 18.2 Å². The van der Waals surface area contributed by atoms with E-state index in [-0.39, 0.29) is 20.5 Å². The van der Waals surface area contributed by atoms with Gasteiger partial charge in [-0.3, -0.25) is 4.79 Å².